The summed E-state index contributed by atoms with van der Waals surface area (Å²) in [7, 11) is 0. The molecule has 0 spiro atoms. The summed E-state index contributed by atoms with van der Waals surface area (Å²) in [5.74, 6) is -1.49. The summed E-state index contributed by atoms with van der Waals surface area (Å²) in [6.45, 7) is 3.00. The Morgan fingerprint density at radius 3 is 2.15 bits per heavy atom. The SMILES string of the molecule is CCOC(=O)c1ccccc1NC(=O)c1cc([N+](=O)[O-])c(C)c([N+](=O)[O-])c1. The first-order valence-electron chi connectivity index (χ1n) is 7.77. The summed E-state index contributed by atoms with van der Waals surface area (Å²) < 4.78 is 4.90. The lowest BCUT2D eigenvalue weighted by molar-refractivity contribution is -0.395. The van der Waals surface area contributed by atoms with Crippen LogP contribution in [-0.2, 0) is 4.74 Å². The number of nitro benzene ring substituents is 2. The van der Waals surface area contributed by atoms with Crippen molar-refractivity contribution in [2.75, 3.05) is 11.9 Å². The highest BCUT2D eigenvalue weighted by atomic mass is 16.6. The predicted octanol–water partition coefficient (Wildman–Crippen LogP) is 3.24. The van der Waals surface area contributed by atoms with Crippen molar-refractivity contribution in [3.05, 3.63) is 73.3 Å². The number of anilines is 1. The standard InChI is InChI=1S/C17H15N3O7/c1-3-27-17(22)12-6-4-5-7-13(12)18-16(21)11-8-14(19(23)24)10(2)15(9-11)20(25)26/h4-9H,3H2,1-2H3,(H,18,21). The van der Waals surface area contributed by atoms with Crippen molar-refractivity contribution < 1.29 is 24.2 Å². The van der Waals surface area contributed by atoms with Crippen molar-refractivity contribution in [3.8, 4) is 0 Å². The Morgan fingerprint density at radius 2 is 1.63 bits per heavy atom. The molecular weight excluding hydrogens is 358 g/mol. The highest BCUT2D eigenvalue weighted by molar-refractivity contribution is 6.08. The van der Waals surface area contributed by atoms with Gasteiger partial charge in [-0.05, 0) is 26.0 Å². The lowest BCUT2D eigenvalue weighted by Gasteiger charge is -2.10. The Labute approximate surface area is 153 Å². The Kier molecular flexibility index (Phi) is 5.81. The Hall–Kier alpha value is -3.82. The molecular formula is C17H15N3O7. The van der Waals surface area contributed by atoms with Gasteiger partial charge in [-0.3, -0.25) is 25.0 Å². The third kappa shape index (κ3) is 4.24. The summed E-state index contributed by atoms with van der Waals surface area (Å²) in [5, 5.41) is 24.7. The van der Waals surface area contributed by atoms with Gasteiger partial charge in [-0.25, -0.2) is 4.79 Å². The predicted molar refractivity (Wildman–Crippen MR) is 94.8 cm³/mol. The second-order valence-electron chi connectivity index (χ2n) is 5.37. The Morgan fingerprint density at radius 1 is 1.07 bits per heavy atom. The summed E-state index contributed by atoms with van der Waals surface area (Å²) in [6.07, 6.45) is 0. The number of carbonyl (C=O) groups is 2. The first-order chi connectivity index (χ1) is 12.8. The first kappa shape index (κ1) is 19.5. The number of ether oxygens (including phenoxy) is 1. The third-order valence-corrected chi connectivity index (χ3v) is 3.68. The van der Waals surface area contributed by atoms with Gasteiger partial charge in [-0.1, -0.05) is 12.1 Å². The van der Waals surface area contributed by atoms with Crippen molar-refractivity contribution in [3.63, 3.8) is 0 Å². The van der Waals surface area contributed by atoms with E-state index in [9.17, 15) is 29.8 Å². The largest absolute Gasteiger partial charge is 0.462 e. The quantitative estimate of drug-likeness (QED) is 0.465. The molecule has 0 aliphatic carbocycles. The molecule has 0 fully saturated rings. The molecule has 2 rings (SSSR count). The molecule has 1 amide bonds. The van der Waals surface area contributed by atoms with E-state index < -0.39 is 33.1 Å². The number of nitro groups is 2. The van der Waals surface area contributed by atoms with Crippen molar-refractivity contribution in [2.45, 2.75) is 13.8 Å². The van der Waals surface area contributed by atoms with E-state index in [-0.39, 0.29) is 29.0 Å². The van der Waals surface area contributed by atoms with Crippen LogP contribution in [0.2, 0.25) is 0 Å². The van der Waals surface area contributed by atoms with E-state index in [0.717, 1.165) is 12.1 Å². The van der Waals surface area contributed by atoms with Gasteiger partial charge in [-0.15, -0.1) is 0 Å². The molecule has 2 aromatic carbocycles. The maximum atomic E-state index is 12.5. The van der Waals surface area contributed by atoms with Gasteiger partial charge >= 0.3 is 5.97 Å². The first-order valence-corrected chi connectivity index (χ1v) is 7.77. The summed E-state index contributed by atoms with van der Waals surface area (Å²) >= 11 is 0. The number of carbonyl (C=O) groups excluding carboxylic acids is 2. The number of nitrogens with zero attached hydrogens (tertiary/aromatic N) is 2. The van der Waals surface area contributed by atoms with Gasteiger partial charge in [0, 0.05) is 12.1 Å². The van der Waals surface area contributed by atoms with Crippen molar-refractivity contribution >= 4 is 28.9 Å². The van der Waals surface area contributed by atoms with Crippen molar-refractivity contribution in [2.24, 2.45) is 0 Å². The van der Waals surface area contributed by atoms with Crippen molar-refractivity contribution in [1.82, 2.24) is 0 Å². The van der Waals surface area contributed by atoms with Crippen molar-refractivity contribution in [1.29, 1.82) is 0 Å². The van der Waals surface area contributed by atoms with E-state index in [1.807, 2.05) is 0 Å². The number of nitrogens with one attached hydrogen (secondary N) is 1. The molecule has 0 aliphatic heterocycles. The van der Waals surface area contributed by atoms with E-state index in [2.05, 4.69) is 5.32 Å². The monoisotopic (exact) mass is 373 g/mol. The molecule has 2 aromatic rings. The third-order valence-electron chi connectivity index (χ3n) is 3.68. The van der Waals surface area contributed by atoms with E-state index in [1.165, 1.54) is 19.1 Å². The van der Waals surface area contributed by atoms with Crippen LogP contribution in [-0.4, -0.2) is 28.3 Å². The zero-order chi connectivity index (χ0) is 20.1. The van der Waals surface area contributed by atoms with Crippen LogP contribution in [0.15, 0.2) is 36.4 Å². The maximum Gasteiger partial charge on any atom is 0.340 e. The number of esters is 1. The molecule has 0 aromatic heterocycles. The number of para-hydroxylation sites is 1. The fraction of sp³-hybridized carbons (Fsp3) is 0.176. The van der Waals surface area contributed by atoms with Gasteiger partial charge < -0.3 is 10.1 Å². The van der Waals surface area contributed by atoms with Crippen LogP contribution >= 0.6 is 0 Å². The van der Waals surface area contributed by atoms with E-state index in [4.69, 9.17) is 4.74 Å². The number of hydrogen-bond acceptors (Lipinski definition) is 7. The zero-order valence-corrected chi connectivity index (χ0v) is 14.4. The lowest BCUT2D eigenvalue weighted by atomic mass is 10.1. The van der Waals surface area contributed by atoms with Gasteiger partial charge in [0.05, 0.1) is 33.3 Å². The molecule has 10 heteroatoms. The molecule has 0 saturated carbocycles. The molecule has 0 atom stereocenters. The number of benzene rings is 2. The van der Waals surface area contributed by atoms with E-state index in [0.29, 0.717) is 0 Å². The Bertz CT molecular complexity index is 905. The van der Waals surface area contributed by atoms with Crippen LogP contribution < -0.4 is 5.32 Å². The lowest BCUT2D eigenvalue weighted by Crippen LogP contribution is -2.16. The summed E-state index contributed by atoms with van der Waals surface area (Å²) in [6, 6.07) is 7.92. The average Bonchev–Trinajstić information content (AvgIpc) is 2.61. The molecule has 0 radical (unpaired) electrons. The van der Waals surface area contributed by atoms with Gasteiger partial charge in [-0.2, -0.15) is 0 Å². The number of hydrogen-bond donors (Lipinski definition) is 1. The second kappa shape index (κ2) is 8.04. The molecule has 0 aliphatic rings. The smallest absolute Gasteiger partial charge is 0.340 e. The molecule has 10 nitrogen and oxygen atoms in total. The van der Waals surface area contributed by atoms with Gasteiger partial charge in [0.1, 0.15) is 5.56 Å². The van der Waals surface area contributed by atoms with Crippen LogP contribution in [0.25, 0.3) is 0 Å². The molecule has 0 unspecified atom stereocenters. The fourth-order valence-electron chi connectivity index (χ4n) is 2.37. The number of rotatable bonds is 6. The molecule has 0 saturated heterocycles. The van der Waals surface area contributed by atoms with Gasteiger partial charge in [0.25, 0.3) is 17.3 Å². The fourth-order valence-corrected chi connectivity index (χ4v) is 2.37. The van der Waals surface area contributed by atoms with Crippen LogP contribution in [0.5, 0.6) is 0 Å². The molecule has 140 valence electrons. The highest BCUT2D eigenvalue weighted by Gasteiger charge is 2.26. The van der Waals surface area contributed by atoms with Gasteiger partial charge in [0.2, 0.25) is 0 Å². The van der Waals surface area contributed by atoms with E-state index >= 15 is 0 Å². The van der Waals surface area contributed by atoms with Crippen LogP contribution in [0.3, 0.4) is 0 Å². The van der Waals surface area contributed by atoms with Gasteiger partial charge in [0.15, 0.2) is 0 Å². The summed E-state index contributed by atoms with van der Waals surface area (Å²) in [5.41, 5.74) is -1.33. The molecule has 1 N–H and O–H groups in total. The van der Waals surface area contributed by atoms with Crippen LogP contribution in [0.4, 0.5) is 17.1 Å². The Balaban J connectivity index is 2.44. The number of amides is 1. The van der Waals surface area contributed by atoms with Crippen LogP contribution in [0, 0.1) is 27.2 Å². The highest BCUT2D eigenvalue weighted by Crippen LogP contribution is 2.30. The van der Waals surface area contributed by atoms with E-state index in [1.54, 1.807) is 19.1 Å². The molecule has 27 heavy (non-hydrogen) atoms. The minimum atomic E-state index is -0.835. The topological polar surface area (TPSA) is 142 Å². The molecule has 0 heterocycles. The zero-order valence-electron chi connectivity index (χ0n) is 14.4. The average molecular weight is 373 g/mol. The minimum Gasteiger partial charge on any atom is -0.462 e. The maximum absolute atomic E-state index is 12.5. The summed E-state index contributed by atoms with van der Waals surface area (Å²) in [4.78, 5) is 45.1. The second-order valence-corrected chi connectivity index (χ2v) is 5.37. The normalized spacial score (nSPS) is 10.1. The molecule has 0 bridgehead atoms. The van der Waals surface area contributed by atoms with Crippen LogP contribution in [0.1, 0.15) is 33.2 Å². The minimum absolute atomic E-state index is 0.0869.